The molecule has 1 nitrogen and oxygen atoms in total. The second-order valence-corrected chi connectivity index (χ2v) is 4.80. The van der Waals surface area contributed by atoms with Crippen molar-refractivity contribution in [2.24, 2.45) is 5.92 Å². The lowest BCUT2D eigenvalue weighted by molar-refractivity contribution is 0.638. The molecule has 0 radical (unpaired) electrons. The number of hydrogen-bond donors (Lipinski definition) is 1. The summed E-state index contributed by atoms with van der Waals surface area (Å²) >= 11 is 1.80. The normalized spacial score (nSPS) is 15.8. The zero-order valence-corrected chi connectivity index (χ0v) is 9.44. The van der Waals surface area contributed by atoms with Gasteiger partial charge in [-0.05, 0) is 49.3 Å². The van der Waals surface area contributed by atoms with Gasteiger partial charge in [0.05, 0.1) is 0 Å². The maximum absolute atomic E-state index is 3.49. The molecule has 0 spiro atoms. The summed E-state index contributed by atoms with van der Waals surface area (Å²) in [4.78, 5) is 1.34. The van der Waals surface area contributed by atoms with E-state index in [0.717, 1.165) is 12.5 Å². The van der Waals surface area contributed by atoms with Gasteiger partial charge in [-0.15, -0.1) is 11.8 Å². The van der Waals surface area contributed by atoms with Crippen molar-refractivity contribution in [2.75, 3.05) is 12.8 Å². The van der Waals surface area contributed by atoms with Gasteiger partial charge in [-0.25, -0.2) is 0 Å². The Balaban J connectivity index is 1.77. The smallest absolute Gasteiger partial charge is 0.0205 e. The lowest BCUT2D eigenvalue weighted by atomic mass is 10.2. The summed E-state index contributed by atoms with van der Waals surface area (Å²) in [5, 5.41) is 3.49. The minimum absolute atomic E-state index is 0.973. The van der Waals surface area contributed by atoms with Gasteiger partial charge in [0.2, 0.25) is 0 Å². The third-order valence-corrected chi connectivity index (χ3v) is 3.36. The molecule has 14 heavy (non-hydrogen) atoms. The van der Waals surface area contributed by atoms with Crippen molar-refractivity contribution < 1.29 is 0 Å². The van der Waals surface area contributed by atoms with Gasteiger partial charge in [-0.3, -0.25) is 0 Å². The Morgan fingerprint density at radius 3 is 2.57 bits per heavy atom. The topological polar surface area (TPSA) is 12.0 Å². The number of rotatable bonds is 5. The SMILES string of the molecule is CSc1ccc(CNCC2CC2)cc1. The first-order valence-corrected chi connectivity index (χ1v) is 6.44. The molecule has 0 heterocycles. The summed E-state index contributed by atoms with van der Waals surface area (Å²) in [6, 6.07) is 8.81. The van der Waals surface area contributed by atoms with Crippen molar-refractivity contribution in [3.8, 4) is 0 Å². The summed E-state index contributed by atoms with van der Waals surface area (Å²) < 4.78 is 0. The standard InChI is InChI=1S/C12H17NS/c1-14-12-6-4-11(5-7-12)9-13-8-10-2-3-10/h4-7,10,13H,2-3,8-9H2,1H3. The van der Waals surface area contributed by atoms with Crippen molar-refractivity contribution in [1.82, 2.24) is 5.32 Å². The van der Waals surface area contributed by atoms with Crippen LogP contribution in [0.25, 0.3) is 0 Å². The highest BCUT2D eigenvalue weighted by atomic mass is 32.2. The van der Waals surface area contributed by atoms with Crippen LogP contribution in [0.5, 0.6) is 0 Å². The van der Waals surface area contributed by atoms with Crippen LogP contribution >= 0.6 is 11.8 Å². The maximum atomic E-state index is 3.49. The second kappa shape index (κ2) is 4.85. The summed E-state index contributed by atoms with van der Waals surface area (Å²) in [5.74, 6) is 0.973. The van der Waals surface area contributed by atoms with E-state index in [1.54, 1.807) is 11.8 Å². The minimum atomic E-state index is 0.973. The van der Waals surface area contributed by atoms with Crippen molar-refractivity contribution in [1.29, 1.82) is 0 Å². The fraction of sp³-hybridized carbons (Fsp3) is 0.500. The Kier molecular flexibility index (Phi) is 3.49. The van der Waals surface area contributed by atoms with Gasteiger partial charge < -0.3 is 5.32 Å². The molecule has 0 saturated heterocycles. The Morgan fingerprint density at radius 2 is 2.00 bits per heavy atom. The molecule has 1 aromatic rings. The second-order valence-electron chi connectivity index (χ2n) is 3.92. The molecule has 1 aliphatic carbocycles. The zero-order chi connectivity index (χ0) is 9.80. The molecule has 1 aliphatic rings. The summed E-state index contributed by atoms with van der Waals surface area (Å²) in [5.41, 5.74) is 1.39. The van der Waals surface area contributed by atoms with Crippen LogP contribution in [0.1, 0.15) is 18.4 Å². The van der Waals surface area contributed by atoms with Gasteiger partial charge in [0.25, 0.3) is 0 Å². The highest BCUT2D eigenvalue weighted by molar-refractivity contribution is 7.98. The lowest BCUT2D eigenvalue weighted by Gasteiger charge is -2.04. The van der Waals surface area contributed by atoms with Crippen LogP contribution in [-0.4, -0.2) is 12.8 Å². The van der Waals surface area contributed by atoms with E-state index in [1.807, 2.05) is 0 Å². The highest BCUT2D eigenvalue weighted by Gasteiger charge is 2.19. The van der Waals surface area contributed by atoms with Crippen LogP contribution in [0.2, 0.25) is 0 Å². The van der Waals surface area contributed by atoms with Gasteiger partial charge in [-0.1, -0.05) is 12.1 Å². The molecule has 1 fully saturated rings. The van der Waals surface area contributed by atoms with Crippen LogP contribution in [0.15, 0.2) is 29.2 Å². The first-order valence-electron chi connectivity index (χ1n) is 5.22. The molecule has 0 atom stereocenters. The number of thioether (sulfide) groups is 1. The van der Waals surface area contributed by atoms with Crippen LogP contribution < -0.4 is 5.32 Å². The summed E-state index contributed by atoms with van der Waals surface area (Å²) in [6.07, 6.45) is 4.97. The predicted octanol–water partition coefficient (Wildman–Crippen LogP) is 2.91. The third-order valence-electron chi connectivity index (χ3n) is 2.62. The quantitative estimate of drug-likeness (QED) is 0.745. The van der Waals surface area contributed by atoms with Gasteiger partial charge in [0.1, 0.15) is 0 Å². The molecular weight excluding hydrogens is 190 g/mol. The van der Waals surface area contributed by atoms with Crippen molar-refractivity contribution in [2.45, 2.75) is 24.3 Å². The predicted molar refractivity (Wildman–Crippen MR) is 62.7 cm³/mol. The fourth-order valence-corrected chi connectivity index (χ4v) is 1.89. The number of hydrogen-bond acceptors (Lipinski definition) is 2. The molecular formula is C12H17NS. The molecule has 0 aromatic heterocycles. The Hall–Kier alpha value is -0.470. The fourth-order valence-electron chi connectivity index (χ4n) is 1.49. The van der Waals surface area contributed by atoms with E-state index < -0.39 is 0 Å². The van der Waals surface area contributed by atoms with Crippen LogP contribution in [0.4, 0.5) is 0 Å². The molecule has 1 saturated carbocycles. The molecule has 1 aromatic carbocycles. The zero-order valence-electron chi connectivity index (χ0n) is 8.62. The Bertz CT molecular complexity index is 277. The molecule has 1 N–H and O–H groups in total. The Morgan fingerprint density at radius 1 is 1.29 bits per heavy atom. The molecule has 2 rings (SSSR count). The van der Waals surface area contributed by atoms with Gasteiger partial charge in [-0.2, -0.15) is 0 Å². The maximum Gasteiger partial charge on any atom is 0.0205 e. The average Bonchev–Trinajstić information content (AvgIpc) is 3.03. The third kappa shape index (κ3) is 3.03. The van der Waals surface area contributed by atoms with Crippen molar-refractivity contribution in [3.63, 3.8) is 0 Å². The van der Waals surface area contributed by atoms with E-state index in [0.29, 0.717) is 0 Å². The van der Waals surface area contributed by atoms with E-state index >= 15 is 0 Å². The largest absolute Gasteiger partial charge is 0.312 e. The van der Waals surface area contributed by atoms with Crippen LogP contribution in [0.3, 0.4) is 0 Å². The average molecular weight is 207 g/mol. The van der Waals surface area contributed by atoms with Crippen molar-refractivity contribution >= 4 is 11.8 Å². The summed E-state index contributed by atoms with van der Waals surface area (Å²) in [6.45, 7) is 2.22. The molecule has 2 heteroatoms. The van der Waals surface area contributed by atoms with E-state index in [4.69, 9.17) is 0 Å². The minimum Gasteiger partial charge on any atom is -0.312 e. The van der Waals surface area contributed by atoms with Crippen LogP contribution in [-0.2, 0) is 6.54 Å². The van der Waals surface area contributed by atoms with Crippen LogP contribution in [0, 0.1) is 5.92 Å². The summed E-state index contributed by atoms with van der Waals surface area (Å²) in [7, 11) is 0. The molecule has 0 aliphatic heterocycles. The number of benzene rings is 1. The first kappa shape index (κ1) is 10.1. The highest BCUT2D eigenvalue weighted by Crippen LogP contribution is 2.27. The molecule has 76 valence electrons. The van der Waals surface area contributed by atoms with Gasteiger partial charge in [0, 0.05) is 11.4 Å². The first-order chi connectivity index (χ1) is 6.88. The molecule has 0 bridgehead atoms. The number of nitrogens with one attached hydrogen (secondary N) is 1. The van der Waals surface area contributed by atoms with E-state index in [9.17, 15) is 0 Å². The monoisotopic (exact) mass is 207 g/mol. The van der Waals surface area contributed by atoms with Crippen molar-refractivity contribution in [3.05, 3.63) is 29.8 Å². The van der Waals surface area contributed by atoms with Gasteiger partial charge in [0.15, 0.2) is 0 Å². The van der Waals surface area contributed by atoms with E-state index in [-0.39, 0.29) is 0 Å². The van der Waals surface area contributed by atoms with E-state index in [2.05, 4.69) is 35.8 Å². The van der Waals surface area contributed by atoms with Gasteiger partial charge >= 0.3 is 0 Å². The Labute approximate surface area is 90.3 Å². The molecule has 0 unspecified atom stereocenters. The molecule has 0 amide bonds. The lowest BCUT2D eigenvalue weighted by Crippen LogP contribution is -2.15. The van der Waals surface area contributed by atoms with E-state index in [1.165, 1.54) is 29.8 Å².